The maximum absolute atomic E-state index is 12.7. The third-order valence-corrected chi connectivity index (χ3v) is 4.24. The highest BCUT2D eigenvalue weighted by Gasteiger charge is 2.31. The number of rotatable bonds is 3. The predicted octanol–water partition coefficient (Wildman–Crippen LogP) is 3.57. The Labute approximate surface area is 137 Å². The molecule has 0 saturated heterocycles. The van der Waals surface area contributed by atoms with E-state index < -0.39 is 0 Å². The fourth-order valence-electron chi connectivity index (χ4n) is 2.82. The molecule has 0 radical (unpaired) electrons. The minimum atomic E-state index is -0.170. The number of nitrogens with zero attached hydrogens (tertiary/aromatic N) is 3. The predicted molar refractivity (Wildman–Crippen MR) is 88.9 cm³/mol. The van der Waals surface area contributed by atoms with Crippen molar-refractivity contribution in [1.82, 2.24) is 14.8 Å². The lowest BCUT2D eigenvalue weighted by Crippen LogP contribution is -2.25. The normalized spacial score (nSPS) is 17.4. The van der Waals surface area contributed by atoms with Crippen LogP contribution < -0.4 is 5.73 Å². The molecule has 0 bridgehead atoms. The van der Waals surface area contributed by atoms with E-state index in [-0.39, 0.29) is 16.2 Å². The molecule has 5 nitrogen and oxygen atoms in total. The Bertz CT molecular complexity index is 805. The van der Waals surface area contributed by atoms with Gasteiger partial charge in [-0.15, -0.1) is 0 Å². The molecule has 0 saturated carbocycles. The van der Waals surface area contributed by atoms with Crippen LogP contribution in [-0.2, 0) is 6.42 Å². The number of fused-ring (bicyclic) bond motifs is 2. The number of allylic oxidation sites excluding steroid dienone is 1. The molecule has 0 aliphatic heterocycles. The number of nitrogens with two attached hydrogens (primary N) is 1. The highest BCUT2D eigenvalue weighted by atomic mass is 35.5. The Kier molecular flexibility index (Phi) is 3.93. The number of anilines is 1. The molecule has 2 heterocycles. The van der Waals surface area contributed by atoms with Crippen molar-refractivity contribution in [3.05, 3.63) is 34.6 Å². The molecule has 2 N–H and O–H groups in total. The van der Waals surface area contributed by atoms with E-state index in [0.717, 1.165) is 5.69 Å². The summed E-state index contributed by atoms with van der Waals surface area (Å²) in [6, 6.07) is 0. The summed E-state index contributed by atoms with van der Waals surface area (Å²) >= 11 is 11.3. The monoisotopic (exact) mass is 336 g/mol. The molecule has 1 atom stereocenters. The van der Waals surface area contributed by atoms with Crippen LogP contribution in [0.4, 0.5) is 5.69 Å². The minimum absolute atomic E-state index is 0.00895. The summed E-state index contributed by atoms with van der Waals surface area (Å²) in [7, 11) is 0. The van der Waals surface area contributed by atoms with Crippen LogP contribution in [0.15, 0.2) is 23.3 Å². The van der Waals surface area contributed by atoms with E-state index >= 15 is 0 Å². The highest BCUT2D eigenvalue weighted by molar-refractivity contribution is 6.55. The van der Waals surface area contributed by atoms with Gasteiger partial charge in [0.15, 0.2) is 11.4 Å². The molecule has 0 amide bonds. The first-order chi connectivity index (χ1) is 10.5. The average molecular weight is 337 g/mol. The zero-order valence-corrected chi connectivity index (χ0v) is 13.2. The standard InChI is InChI=1S/C15H14Cl2N4O/c1-2-21-15-9(7-19-21)13(18)12-10(20-15)5-3-8(14(12)22)4-6-11(16)17/h2,6-8H,1,3-5H2,(H2,18,20). The van der Waals surface area contributed by atoms with Crippen molar-refractivity contribution in [2.75, 3.05) is 5.73 Å². The van der Waals surface area contributed by atoms with Gasteiger partial charge in [0.25, 0.3) is 0 Å². The summed E-state index contributed by atoms with van der Waals surface area (Å²) in [4.78, 5) is 17.2. The van der Waals surface area contributed by atoms with Crippen LogP contribution in [0.1, 0.15) is 28.9 Å². The van der Waals surface area contributed by atoms with E-state index in [0.29, 0.717) is 41.5 Å². The van der Waals surface area contributed by atoms with Gasteiger partial charge in [-0.1, -0.05) is 35.9 Å². The number of hydrogen-bond acceptors (Lipinski definition) is 4. The smallest absolute Gasteiger partial charge is 0.170 e. The van der Waals surface area contributed by atoms with Crippen LogP contribution >= 0.6 is 23.2 Å². The highest BCUT2D eigenvalue weighted by Crippen LogP contribution is 2.34. The molecular formula is C15H14Cl2N4O. The maximum atomic E-state index is 12.7. The van der Waals surface area contributed by atoms with Gasteiger partial charge in [0.2, 0.25) is 0 Å². The molecule has 0 spiro atoms. The number of aromatic nitrogens is 3. The maximum Gasteiger partial charge on any atom is 0.170 e. The van der Waals surface area contributed by atoms with Crippen LogP contribution in [-0.4, -0.2) is 20.5 Å². The number of nitrogen functional groups attached to an aromatic ring is 1. The topological polar surface area (TPSA) is 73.8 Å². The molecule has 2 aromatic rings. The number of carbonyl (C=O) groups excluding carboxylic acids is 1. The quantitative estimate of drug-likeness (QED) is 0.929. The Morgan fingerprint density at radius 2 is 2.32 bits per heavy atom. The molecule has 114 valence electrons. The van der Waals surface area contributed by atoms with Gasteiger partial charge in [-0.2, -0.15) is 5.10 Å². The number of carbonyl (C=O) groups is 1. The third-order valence-electron chi connectivity index (χ3n) is 3.93. The van der Waals surface area contributed by atoms with E-state index in [1.165, 1.54) is 0 Å². The second kappa shape index (κ2) is 5.74. The van der Waals surface area contributed by atoms with Crippen molar-refractivity contribution >= 4 is 51.9 Å². The lowest BCUT2D eigenvalue weighted by Gasteiger charge is -2.23. The van der Waals surface area contributed by atoms with Crippen molar-refractivity contribution in [2.24, 2.45) is 5.92 Å². The number of aryl methyl sites for hydroxylation is 1. The number of Topliss-reactive ketones (excluding diaryl/α,β-unsaturated/α-hetero) is 1. The summed E-state index contributed by atoms with van der Waals surface area (Å²) in [5.41, 5.74) is 8.48. The molecule has 22 heavy (non-hydrogen) atoms. The van der Waals surface area contributed by atoms with Crippen LogP contribution in [0.3, 0.4) is 0 Å². The zero-order chi connectivity index (χ0) is 15.9. The molecule has 3 rings (SSSR count). The Morgan fingerprint density at radius 3 is 3.00 bits per heavy atom. The lowest BCUT2D eigenvalue weighted by atomic mass is 9.82. The Balaban J connectivity index is 2.08. The van der Waals surface area contributed by atoms with Crippen molar-refractivity contribution in [3.8, 4) is 0 Å². The molecule has 1 unspecified atom stereocenters. The van der Waals surface area contributed by atoms with Gasteiger partial charge in [-0.3, -0.25) is 4.79 Å². The van der Waals surface area contributed by atoms with Gasteiger partial charge in [0.1, 0.15) is 4.49 Å². The van der Waals surface area contributed by atoms with E-state index in [4.69, 9.17) is 28.9 Å². The van der Waals surface area contributed by atoms with Crippen LogP contribution in [0.25, 0.3) is 17.2 Å². The second-order valence-electron chi connectivity index (χ2n) is 5.19. The van der Waals surface area contributed by atoms with Gasteiger partial charge in [-0.05, 0) is 19.3 Å². The molecule has 1 aliphatic carbocycles. The van der Waals surface area contributed by atoms with Gasteiger partial charge >= 0.3 is 0 Å². The van der Waals surface area contributed by atoms with Crippen molar-refractivity contribution in [2.45, 2.75) is 19.3 Å². The zero-order valence-electron chi connectivity index (χ0n) is 11.7. The van der Waals surface area contributed by atoms with Crippen LogP contribution in [0.5, 0.6) is 0 Å². The molecule has 7 heteroatoms. The second-order valence-corrected chi connectivity index (χ2v) is 6.19. The summed E-state index contributed by atoms with van der Waals surface area (Å²) in [6.07, 6.45) is 6.69. The summed E-state index contributed by atoms with van der Waals surface area (Å²) in [5.74, 6) is -0.179. The largest absolute Gasteiger partial charge is 0.397 e. The fourth-order valence-corrected chi connectivity index (χ4v) is 3.00. The number of ketones is 1. The number of halogens is 2. The van der Waals surface area contributed by atoms with Crippen molar-refractivity contribution in [1.29, 1.82) is 0 Å². The van der Waals surface area contributed by atoms with Gasteiger partial charge in [-0.25, -0.2) is 9.67 Å². The average Bonchev–Trinajstić information content (AvgIpc) is 2.89. The molecular weight excluding hydrogens is 323 g/mol. The SMILES string of the molecule is C=Cn1ncc2c(N)c3c(nc21)CCC(CC=C(Cl)Cl)C3=O. The van der Waals surface area contributed by atoms with Crippen LogP contribution in [0.2, 0.25) is 0 Å². The molecule has 2 aromatic heterocycles. The van der Waals surface area contributed by atoms with Gasteiger partial charge in [0, 0.05) is 12.1 Å². The Morgan fingerprint density at radius 1 is 1.55 bits per heavy atom. The van der Waals surface area contributed by atoms with Crippen LogP contribution in [0, 0.1) is 5.92 Å². The molecule has 0 fully saturated rings. The minimum Gasteiger partial charge on any atom is -0.397 e. The van der Waals surface area contributed by atoms with Gasteiger partial charge in [0.05, 0.1) is 28.5 Å². The first-order valence-electron chi connectivity index (χ1n) is 6.86. The van der Waals surface area contributed by atoms with E-state index in [2.05, 4.69) is 16.7 Å². The fraction of sp³-hybridized carbons (Fsp3) is 0.267. The van der Waals surface area contributed by atoms with E-state index in [9.17, 15) is 4.79 Å². The van der Waals surface area contributed by atoms with Crippen molar-refractivity contribution < 1.29 is 4.79 Å². The first kappa shape index (κ1) is 15.1. The summed E-state index contributed by atoms with van der Waals surface area (Å²) in [6.45, 7) is 3.68. The summed E-state index contributed by atoms with van der Waals surface area (Å²) < 4.78 is 1.73. The lowest BCUT2D eigenvalue weighted by molar-refractivity contribution is 0.0903. The third kappa shape index (κ3) is 2.40. The van der Waals surface area contributed by atoms with Gasteiger partial charge < -0.3 is 5.73 Å². The number of pyridine rings is 1. The van der Waals surface area contributed by atoms with E-state index in [1.807, 2.05) is 0 Å². The first-order valence-corrected chi connectivity index (χ1v) is 7.62. The Hall–Kier alpha value is -1.85. The number of hydrogen-bond donors (Lipinski definition) is 1. The molecule has 0 aromatic carbocycles. The molecule has 1 aliphatic rings. The summed E-state index contributed by atoms with van der Waals surface area (Å²) in [5, 5.41) is 4.82. The van der Waals surface area contributed by atoms with E-state index in [1.54, 1.807) is 23.2 Å². The van der Waals surface area contributed by atoms with Crippen molar-refractivity contribution in [3.63, 3.8) is 0 Å².